The monoisotopic (exact) mass is 272 g/mol. The van der Waals surface area contributed by atoms with Crippen LogP contribution in [0.1, 0.15) is 30.9 Å². The number of halogens is 3. The zero-order chi connectivity index (χ0) is 14.5. The summed E-state index contributed by atoms with van der Waals surface area (Å²) < 4.78 is 37.8. The van der Waals surface area contributed by atoms with E-state index >= 15 is 0 Å². The number of alkyl halides is 3. The molecule has 5 heteroatoms. The molecule has 2 nitrogen and oxygen atoms in total. The van der Waals surface area contributed by atoms with Gasteiger partial charge in [0.05, 0.1) is 5.56 Å². The van der Waals surface area contributed by atoms with E-state index in [0.717, 1.165) is 24.5 Å². The second-order valence-corrected chi connectivity index (χ2v) is 4.76. The lowest BCUT2D eigenvalue weighted by molar-refractivity contribution is -0.137. The zero-order valence-corrected chi connectivity index (χ0v) is 10.9. The molecule has 0 saturated carbocycles. The van der Waals surface area contributed by atoms with Gasteiger partial charge in [0.25, 0.3) is 0 Å². The Labute approximate surface area is 111 Å². The molecular formula is C14H19F3N2. The largest absolute Gasteiger partial charge is 0.416 e. The minimum absolute atomic E-state index is 0.0554. The smallest absolute Gasteiger partial charge is 0.271 e. The van der Waals surface area contributed by atoms with Crippen LogP contribution >= 0.6 is 0 Å². The molecule has 0 aliphatic rings. The van der Waals surface area contributed by atoms with Crippen molar-refractivity contribution in [3.05, 3.63) is 47.5 Å². The first-order valence-corrected chi connectivity index (χ1v) is 6.09. The lowest BCUT2D eigenvalue weighted by atomic mass is 9.99. The third-order valence-electron chi connectivity index (χ3n) is 2.89. The quantitative estimate of drug-likeness (QED) is 0.473. The van der Waals surface area contributed by atoms with E-state index in [-0.39, 0.29) is 6.04 Å². The van der Waals surface area contributed by atoms with Crippen LogP contribution in [-0.4, -0.2) is 6.04 Å². The van der Waals surface area contributed by atoms with E-state index in [1.54, 1.807) is 6.07 Å². The van der Waals surface area contributed by atoms with Crippen molar-refractivity contribution in [2.75, 3.05) is 0 Å². The Balaban J connectivity index is 2.72. The molecule has 1 rings (SSSR count). The maximum Gasteiger partial charge on any atom is 0.416 e. The number of hydrazine groups is 1. The molecule has 0 radical (unpaired) electrons. The van der Waals surface area contributed by atoms with Gasteiger partial charge in [0.2, 0.25) is 0 Å². The molecule has 0 bridgehead atoms. The summed E-state index contributed by atoms with van der Waals surface area (Å²) in [5, 5.41) is 0. The third kappa shape index (κ3) is 5.44. The van der Waals surface area contributed by atoms with Crippen molar-refractivity contribution in [3.63, 3.8) is 0 Å². The Kier molecular flexibility index (Phi) is 5.57. The second-order valence-electron chi connectivity index (χ2n) is 4.76. The first-order valence-electron chi connectivity index (χ1n) is 6.09. The molecule has 0 fully saturated rings. The maximum absolute atomic E-state index is 12.6. The highest BCUT2D eigenvalue weighted by atomic mass is 19.4. The van der Waals surface area contributed by atoms with Crippen molar-refractivity contribution in [1.29, 1.82) is 0 Å². The van der Waals surface area contributed by atoms with Crippen molar-refractivity contribution in [2.45, 2.75) is 38.4 Å². The first-order chi connectivity index (χ1) is 8.82. The van der Waals surface area contributed by atoms with Crippen LogP contribution in [0, 0.1) is 0 Å². The molecule has 1 atom stereocenters. The average Bonchev–Trinajstić information content (AvgIpc) is 2.33. The Morgan fingerprint density at radius 1 is 1.42 bits per heavy atom. The van der Waals surface area contributed by atoms with Gasteiger partial charge in [-0.2, -0.15) is 13.2 Å². The van der Waals surface area contributed by atoms with Crippen molar-refractivity contribution in [3.8, 4) is 0 Å². The summed E-state index contributed by atoms with van der Waals surface area (Å²) in [5.41, 5.74) is 3.67. The van der Waals surface area contributed by atoms with E-state index in [0.29, 0.717) is 12.0 Å². The van der Waals surface area contributed by atoms with Crippen LogP contribution in [0.2, 0.25) is 0 Å². The number of hydrogen-bond acceptors (Lipinski definition) is 2. The highest BCUT2D eigenvalue weighted by Gasteiger charge is 2.30. The van der Waals surface area contributed by atoms with Crippen molar-refractivity contribution in [2.24, 2.45) is 5.84 Å². The Morgan fingerprint density at radius 3 is 2.63 bits per heavy atom. The molecule has 0 aliphatic heterocycles. The van der Waals surface area contributed by atoms with Crippen molar-refractivity contribution in [1.82, 2.24) is 5.43 Å². The molecule has 0 spiro atoms. The number of benzene rings is 1. The number of allylic oxidation sites excluding steroid dienone is 1. The molecule has 1 aromatic carbocycles. The standard InChI is InChI=1S/C14H19F3N2/c1-10(2)6-7-13(19-18)9-11-4-3-5-12(8-11)14(15,16)17/h3-5,8,13,19H,1,6-7,9,18H2,2H3. The molecular weight excluding hydrogens is 253 g/mol. The number of hydrogen-bond donors (Lipinski definition) is 2. The summed E-state index contributed by atoms with van der Waals surface area (Å²) in [6.45, 7) is 5.71. The summed E-state index contributed by atoms with van der Waals surface area (Å²) in [6, 6.07) is 5.29. The summed E-state index contributed by atoms with van der Waals surface area (Å²) in [5.74, 6) is 5.43. The Bertz CT molecular complexity index is 427. The summed E-state index contributed by atoms with van der Waals surface area (Å²) in [7, 11) is 0. The number of nitrogens with one attached hydrogen (secondary N) is 1. The summed E-state index contributed by atoms with van der Waals surface area (Å²) in [4.78, 5) is 0. The molecule has 106 valence electrons. The molecule has 0 aliphatic carbocycles. The van der Waals surface area contributed by atoms with Gasteiger partial charge in [0.15, 0.2) is 0 Å². The summed E-state index contributed by atoms with van der Waals surface area (Å²) in [6.07, 6.45) is -2.29. The van der Waals surface area contributed by atoms with E-state index in [9.17, 15) is 13.2 Å². The average molecular weight is 272 g/mol. The SMILES string of the molecule is C=C(C)CCC(Cc1cccc(C(F)(F)F)c1)NN. The van der Waals surface area contributed by atoms with E-state index in [1.807, 2.05) is 6.92 Å². The van der Waals surface area contributed by atoms with Crippen LogP contribution in [0.4, 0.5) is 13.2 Å². The van der Waals surface area contributed by atoms with Gasteiger partial charge in [-0.15, -0.1) is 6.58 Å². The molecule has 1 aromatic rings. The molecule has 3 N–H and O–H groups in total. The predicted molar refractivity (Wildman–Crippen MR) is 70.3 cm³/mol. The molecule has 19 heavy (non-hydrogen) atoms. The Hall–Kier alpha value is -1.33. The van der Waals surface area contributed by atoms with Crippen molar-refractivity contribution >= 4 is 0 Å². The van der Waals surface area contributed by atoms with E-state index in [4.69, 9.17) is 5.84 Å². The fourth-order valence-corrected chi connectivity index (χ4v) is 1.82. The number of nitrogens with two attached hydrogens (primary N) is 1. The molecule has 0 aromatic heterocycles. The van der Waals surface area contributed by atoms with E-state index < -0.39 is 11.7 Å². The molecule has 0 saturated heterocycles. The topological polar surface area (TPSA) is 38.0 Å². The normalized spacial score (nSPS) is 13.3. The van der Waals surface area contributed by atoms with Crippen LogP contribution in [0.15, 0.2) is 36.4 Å². The first kappa shape index (κ1) is 15.7. The highest BCUT2D eigenvalue weighted by Crippen LogP contribution is 2.29. The Morgan fingerprint density at radius 2 is 2.11 bits per heavy atom. The van der Waals surface area contributed by atoms with Crippen LogP contribution in [0.25, 0.3) is 0 Å². The van der Waals surface area contributed by atoms with Gasteiger partial charge in [0, 0.05) is 6.04 Å². The minimum atomic E-state index is -4.31. The molecule has 1 unspecified atom stereocenters. The lowest BCUT2D eigenvalue weighted by Crippen LogP contribution is -2.36. The summed E-state index contributed by atoms with van der Waals surface area (Å²) >= 11 is 0. The van der Waals surface area contributed by atoms with Crippen molar-refractivity contribution < 1.29 is 13.2 Å². The van der Waals surface area contributed by atoms with Gasteiger partial charge in [0.1, 0.15) is 0 Å². The zero-order valence-electron chi connectivity index (χ0n) is 10.9. The predicted octanol–water partition coefficient (Wildman–Crippen LogP) is 3.44. The molecule has 0 amide bonds. The fraction of sp³-hybridized carbons (Fsp3) is 0.429. The van der Waals surface area contributed by atoms with Crippen LogP contribution in [0.5, 0.6) is 0 Å². The van der Waals surface area contributed by atoms with Crippen LogP contribution < -0.4 is 11.3 Å². The highest BCUT2D eigenvalue weighted by molar-refractivity contribution is 5.26. The van der Waals surface area contributed by atoms with E-state index in [2.05, 4.69) is 12.0 Å². The van der Waals surface area contributed by atoms with Gasteiger partial charge in [-0.05, 0) is 37.8 Å². The van der Waals surface area contributed by atoms with Gasteiger partial charge in [-0.25, -0.2) is 0 Å². The minimum Gasteiger partial charge on any atom is -0.271 e. The lowest BCUT2D eigenvalue weighted by Gasteiger charge is -2.17. The van der Waals surface area contributed by atoms with Gasteiger partial charge < -0.3 is 0 Å². The van der Waals surface area contributed by atoms with E-state index in [1.165, 1.54) is 12.1 Å². The fourth-order valence-electron chi connectivity index (χ4n) is 1.82. The second kappa shape index (κ2) is 6.73. The van der Waals surface area contributed by atoms with Crippen LogP contribution in [0.3, 0.4) is 0 Å². The maximum atomic E-state index is 12.6. The van der Waals surface area contributed by atoms with Crippen LogP contribution in [-0.2, 0) is 12.6 Å². The third-order valence-corrected chi connectivity index (χ3v) is 2.89. The van der Waals surface area contributed by atoms with Gasteiger partial charge >= 0.3 is 6.18 Å². The molecule has 0 heterocycles. The number of rotatable bonds is 6. The van der Waals surface area contributed by atoms with Gasteiger partial charge in [-0.1, -0.05) is 23.8 Å². The van der Waals surface area contributed by atoms with Gasteiger partial charge in [-0.3, -0.25) is 11.3 Å².